The highest BCUT2D eigenvalue weighted by Gasteiger charge is 2.34. The largest absolute Gasteiger partial charge is 0.349 e. The van der Waals surface area contributed by atoms with Crippen LogP contribution in [-0.2, 0) is 27.8 Å². The van der Waals surface area contributed by atoms with E-state index >= 15 is 0 Å². The molecule has 3 heterocycles. The Hall–Kier alpha value is -2.12. The molecular formula is C18H21N3O3S. The SMILES string of the molecule is C[C@@H]1c2cccn2CCN1S(=O)(=O)c1ccc2c(c1)CCCC(=O)N2. The zero-order chi connectivity index (χ0) is 17.6. The summed E-state index contributed by atoms with van der Waals surface area (Å²) in [5.41, 5.74) is 2.62. The van der Waals surface area contributed by atoms with Crippen molar-refractivity contribution >= 4 is 21.6 Å². The summed E-state index contributed by atoms with van der Waals surface area (Å²) in [5.74, 6) is -0.0141. The van der Waals surface area contributed by atoms with Crippen LogP contribution in [-0.4, -0.2) is 29.7 Å². The minimum Gasteiger partial charge on any atom is -0.349 e. The maximum Gasteiger partial charge on any atom is 0.243 e. The fourth-order valence-corrected chi connectivity index (χ4v) is 5.38. The van der Waals surface area contributed by atoms with Gasteiger partial charge in [0, 0.05) is 37.1 Å². The molecule has 0 unspecified atom stereocenters. The second kappa shape index (κ2) is 6.00. The second-order valence-corrected chi connectivity index (χ2v) is 8.53. The number of nitrogens with zero attached hydrogens (tertiary/aromatic N) is 2. The van der Waals surface area contributed by atoms with Crippen molar-refractivity contribution in [1.82, 2.24) is 8.87 Å². The highest BCUT2D eigenvalue weighted by atomic mass is 32.2. The number of sulfonamides is 1. The third-order valence-corrected chi connectivity index (χ3v) is 7.06. The van der Waals surface area contributed by atoms with Gasteiger partial charge in [-0.3, -0.25) is 4.79 Å². The smallest absolute Gasteiger partial charge is 0.243 e. The fourth-order valence-electron chi connectivity index (χ4n) is 3.73. The van der Waals surface area contributed by atoms with Crippen LogP contribution in [0, 0.1) is 0 Å². The number of carbonyl (C=O) groups excluding carboxylic acids is 1. The monoisotopic (exact) mass is 359 g/mol. The lowest BCUT2D eigenvalue weighted by Crippen LogP contribution is -2.40. The summed E-state index contributed by atoms with van der Waals surface area (Å²) in [4.78, 5) is 12.0. The third kappa shape index (κ3) is 2.77. The van der Waals surface area contributed by atoms with E-state index in [9.17, 15) is 13.2 Å². The van der Waals surface area contributed by atoms with E-state index in [0.29, 0.717) is 30.8 Å². The van der Waals surface area contributed by atoms with Gasteiger partial charge in [-0.25, -0.2) is 8.42 Å². The lowest BCUT2D eigenvalue weighted by molar-refractivity contribution is -0.116. The normalized spacial score (nSPS) is 21.2. The van der Waals surface area contributed by atoms with Crippen molar-refractivity contribution in [1.29, 1.82) is 0 Å². The number of hydrogen-bond donors (Lipinski definition) is 1. The van der Waals surface area contributed by atoms with E-state index in [-0.39, 0.29) is 11.9 Å². The molecule has 0 bridgehead atoms. The van der Waals surface area contributed by atoms with Gasteiger partial charge in [0.2, 0.25) is 15.9 Å². The van der Waals surface area contributed by atoms with Crippen LogP contribution < -0.4 is 5.32 Å². The summed E-state index contributed by atoms with van der Waals surface area (Å²) in [6.07, 6.45) is 3.89. The highest BCUT2D eigenvalue weighted by Crippen LogP contribution is 2.33. The van der Waals surface area contributed by atoms with Crippen molar-refractivity contribution in [3.05, 3.63) is 47.8 Å². The molecule has 4 rings (SSSR count). The van der Waals surface area contributed by atoms with E-state index in [1.807, 2.05) is 25.3 Å². The van der Waals surface area contributed by atoms with Crippen LogP contribution in [0.2, 0.25) is 0 Å². The molecule has 0 saturated carbocycles. The van der Waals surface area contributed by atoms with Gasteiger partial charge in [0.15, 0.2) is 0 Å². The second-order valence-electron chi connectivity index (χ2n) is 6.64. The van der Waals surface area contributed by atoms with Crippen LogP contribution in [0.1, 0.15) is 37.1 Å². The summed E-state index contributed by atoms with van der Waals surface area (Å²) in [7, 11) is -3.58. The molecule has 1 atom stereocenters. The molecule has 0 spiro atoms. The summed E-state index contributed by atoms with van der Waals surface area (Å²) in [5, 5.41) is 2.85. The maximum atomic E-state index is 13.2. The lowest BCUT2D eigenvalue weighted by Gasteiger charge is -2.34. The number of aromatic nitrogens is 1. The average Bonchev–Trinajstić information content (AvgIpc) is 2.98. The molecular weight excluding hydrogens is 338 g/mol. The lowest BCUT2D eigenvalue weighted by atomic mass is 10.1. The Morgan fingerprint density at radius 1 is 1.16 bits per heavy atom. The van der Waals surface area contributed by atoms with Crippen LogP contribution in [0.3, 0.4) is 0 Å². The molecule has 132 valence electrons. The van der Waals surface area contributed by atoms with Crippen LogP contribution >= 0.6 is 0 Å². The number of rotatable bonds is 2. The van der Waals surface area contributed by atoms with Gasteiger partial charge < -0.3 is 9.88 Å². The third-order valence-electron chi connectivity index (χ3n) is 5.09. The fraction of sp³-hybridized carbons (Fsp3) is 0.389. The molecule has 0 radical (unpaired) electrons. The van der Waals surface area contributed by atoms with E-state index in [2.05, 4.69) is 9.88 Å². The predicted octanol–water partition coefficient (Wildman–Crippen LogP) is 2.53. The number of anilines is 1. The van der Waals surface area contributed by atoms with Gasteiger partial charge in [-0.1, -0.05) is 0 Å². The molecule has 7 heteroatoms. The number of carbonyl (C=O) groups is 1. The molecule has 1 aromatic carbocycles. The molecule has 1 N–H and O–H groups in total. The van der Waals surface area contributed by atoms with E-state index in [1.165, 1.54) is 0 Å². The van der Waals surface area contributed by atoms with Crippen molar-refractivity contribution in [2.45, 2.75) is 43.7 Å². The predicted molar refractivity (Wildman–Crippen MR) is 94.7 cm³/mol. The van der Waals surface area contributed by atoms with Crippen LogP contribution in [0.15, 0.2) is 41.4 Å². The first-order valence-corrected chi connectivity index (χ1v) is 10.0. The Labute approximate surface area is 147 Å². The molecule has 1 amide bonds. The Balaban J connectivity index is 1.69. The molecule has 0 aliphatic carbocycles. The highest BCUT2D eigenvalue weighted by molar-refractivity contribution is 7.89. The van der Waals surface area contributed by atoms with Gasteiger partial charge in [-0.2, -0.15) is 4.31 Å². The van der Waals surface area contributed by atoms with E-state index in [4.69, 9.17) is 0 Å². The molecule has 0 saturated heterocycles. The first-order valence-electron chi connectivity index (χ1n) is 8.56. The van der Waals surface area contributed by atoms with Gasteiger partial charge in [-0.15, -0.1) is 0 Å². The zero-order valence-electron chi connectivity index (χ0n) is 14.1. The summed E-state index contributed by atoms with van der Waals surface area (Å²) in [6.45, 7) is 3.04. The standard InChI is InChI=1S/C18H21N3O3S/c1-13-17-5-3-9-20(17)10-11-21(13)25(23,24)15-7-8-16-14(12-15)4-2-6-18(22)19-16/h3,5,7-9,12-13H,2,4,6,10-11H2,1H3,(H,19,22)/t13-/m1/s1. The van der Waals surface area contributed by atoms with E-state index in [1.54, 1.807) is 22.5 Å². The van der Waals surface area contributed by atoms with Gasteiger partial charge in [0.25, 0.3) is 0 Å². The Morgan fingerprint density at radius 2 is 2.00 bits per heavy atom. The van der Waals surface area contributed by atoms with Crippen LogP contribution in [0.4, 0.5) is 5.69 Å². The topological polar surface area (TPSA) is 71.4 Å². The van der Waals surface area contributed by atoms with Gasteiger partial charge in [0.1, 0.15) is 0 Å². The van der Waals surface area contributed by atoms with E-state index in [0.717, 1.165) is 23.4 Å². The van der Waals surface area contributed by atoms with Crippen LogP contribution in [0.25, 0.3) is 0 Å². The number of nitrogens with one attached hydrogen (secondary N) is 1. The summed E-state index contributed by atoms with van der Waals surface area (Å²) < 4.78 is 30.1. The average molecular weight is 359 g/mol. The molecule has 1 aromatic heterocycles. The molecule has 2 aliphatic rings. The summed E-state index contributed by atoms with van der Waals surface area (Å²) >= 11 is 0. The first kappa shape index (κ1) is 16.4. The van der Waals surface area contributed by atoms with Gasteiger partial charge in [-0.05, 0) is 55.7 Å². The molecule has 6 nitrogen and oxygen atoms in total. The minimum absolute atomic E-state index is 0.0141. The first-order chi connectivity index (χ1) is 12.0. The quantitative estimate of drug-likeness (QED) is 0.896. The number of fused-ring (bicyclic) bond motifs is 2. The van der Waals surface area contributed by atoms with Gasteiger partial charge in [0.05, 0.1) is 10.9 Å². The molecule has 25 heavy (non-hydrogen) atoms. The maximum absolute atomic E-state index is 13.2. The van der Waals surface area contributed by atoms with Crippen molar-refractivity contribution in [2.24, 2.45) is 0 Å². The Morgan fingerprint density at radius 3 is 2.84 bits per heavy atom. The number of hydrogen-bond acceptors (Lipinski definition) is 3. The molecule has 0 fully saturated rings. The number of benzene rings is 1. The molecule has 2 aromatic rings. The minimum atomic E-state index is -3.58. The molecule has 2 aliphatic heterocycles. The number of amides is 1. The van der Waals surface area contributed by atoms with Gasteiger partial charge >= 0.3 is 0 Å². The van der Waals surface area contributed by atoms with Crippen molar-refractivity contribution in [2.75, 3.05) is 11.9 Å². The van der Waals surface area contributed by atoms with Crippen molar-refractivity contribution in [3.63, 3.8) is 0 Å². The number of aryl methyl sites for hydroxylation is 1. The van der Waals surface area contributed by atoms with Crippen molar-refractivity contribution < 1.29 is 13.2 Å². The Bertz CT molecular complexity index is 933. The summed E-state index contributed by atoms with van der Waals surface area (Å²) in [6, 6.07) is 8.75. The van der Waals surface area contributed by atoms with Crippen molar-refractivity contribution in [3.8, 4) is 0 Å². The van der Waals surface area contributed by atoms with Crippen LogP contribution in [0.5, 0.6) is 0 Å². The zero-order valence-corrected chi connectivity index (χ0v) is 14.9. The van der Waals surface area contributed by atoms with E-state index < -0.39 is 10.0 Å². The Kier molecular flexibility index (Phi) is 3.92.